The molecule has 6 rings (SSSR count). The molecule has 0 aliphatic heterocycles. The fourth-order valence-electron chi connectivity index (χ4n) is 6.38. The molecule has 0 fully saturated rings. The maximum Gasteiger partial charge on any atom is 0.124 e. The van der Waals surface area contributed by atoms with E-state index < -0.39 is 0 Å². The number of hydrogen-bond donors (Lipinski definition) is 1. The first-order chi connectivity index (χ1) is 23.5. The van der Waals surface area contributed by atoms with Crippen LogP contribution in [-0.4, -0.2) is 15.1 Å². The van der Waals surface area contributed by atoms with Gasteiger partial charge in [-0.15, -0.1) is 0 Å². The molecule has 50 heavy (non-hydrogen) atoms. The number of aryl methyl sites for hydroxylation is 1. The summed E-state index contributed by atoms with van der Waals surface area (Å²) >= 11 is 0. The van der Waals surface area contributed by atoms with Gasteiger partial charge in [0.15, 0.2) is 0 Å². The third-order valence-electron chi connectivity index (χ3n) is 9.62. The Bertz CT molecular complexity index is 2160. The summed E-state index contributed by atoms with van der Waals surface area (Å²) < 4.78 is 0. The highest BCUT2D eigenvalue weighted by atomic mass is 16.3. The summed E-state index contributed by atoms with van der Waals surface area (Å²) in [5.74, 6) is 0.211. The van der Waals surface area contributed by atoms with Crippen molar-refractivity contribution in [3.8, 4) is 61.8 Å². The lowest BCUT2D eigenvalue weighted by molar-refractivity contribution is 0.477. The number of para-hydroxylation sites is 1. The van der Waals surface area contributed by atoms with Crippen LogP contribution in [0.15, 0.2) is 115 Å². The maximum atomic E-state index is 10.9. The molecule has 4 aromatic carbocycles. The van der Waals surface area contributed by atoms with Gasteiger partial charge in [-0.1, -0.05) is 129 Å². The number of pyridine rings is 2. The summed E-state index contributed by atoms with van der Waals surface area (Å²) in [7, 11) is 0. The third-order valence-corrected chi connectivity index (χ3v) is 9.62. The smallest absolute Gasteiger partial charge is 0.124 e. The number of rotatable bonds is 5. The first kappa shape index (κ1) is 34.8. The van der Waals surface area contributed by atoms with Crippen molar-refractivity contribution >= 4 is 0 Å². The zero-order valence-corrected chi connectivity index (χ0v) is 31.3. The van der Waals surface area contributed by atoms with Gasteiger partial charge in [0.1, 0.15) is 5.75 Å². The minimum Gasteiger partial charge on any atom is -0.507 e. The second kappa shape index (κ2) is 13.0. The van der Waals surface area contributed by atoms with Gasteiger partial charge in [-0.3, -0.25) is 4.98 Å². The highest BCUT2D eigenvalue weighted by Gasteiger charge is 2.22. The first-order valence-corrected chi connectivity index (χ1v) is 17.6. The Hall–Kier alpha value is -5.02. The van der Waals surface area contributed by atoms with Gasteiger partial charge >= 0.3 is 0 Å². The van der Waals surface area contributed by atoms with Gasteiger partial charge in [0.05, 0.1) is 17.1 Å². The average Bonchev–Trinajstić information content (AvgIpc) is 3.07. The fourth-order valence-corrected chi connectivity index (χ4v) is 6.38. The minimum absolute atomic E-state index is 0.0184. The molecular formula is C47H50N2O. The molecule has 0 radical (unpaired) electrons. The molecule has 6 aromatic rings. The van der Waals surface area contributed by atoms with Crippen molar-refractivity contribution in [1.82, 2.24) is 9.97 Å². The molecule has 0 unspecified atom stereocenters. The van der Waals surface area contributed by atoms with Gasteiger partial charge in [-0.25, -0.2) is 4.98 Å². The summed E-state index contributed by atoms with van der Waals surface area (Å²) in [5, 5.41) is 10.9. The Balaban J connectivity index is 1.48. The lowest BCUT2D eigenvalue weighted by atomic mass is 9.79. The zero-order valence-electron chi connectivity index (χ0n) is 31.3. The normalized spacial score (nSPS) is 12.3. The lowest BCUT2D eigenvalue weighted by Crippen LogP contribution is -2.16. The Morgan fingerprint density at radius 2 is 1.02 bits per heavy atom. The van der Waals surface area contributed by atoms with Gasteiger partial charge in [-0.2, -0.15) is 0 Å². The Labute approximate surface area is 299 Å². The number of aromatic hydroxyl groups is 1. The van der Waals surface area contributed by atoms with Crippen LogP contribution in [0.2, 0.25) is 0 Å². The number of hydrogen-bond acceptors (Lipinski definition) is 3. The molecule has 0 amide bonds. The molecule has 254 valence electrons. The monoisotopic (exact) mass is 658 g/mol. The van der Waals surface area contributed by atoms with Gasteiger partial charge in [-0.05, 0) is 110 Å². The van der Waals surface area contributed by atoms with E-state index in [0.29, 0.717) is 5.56 Å². The zero-order chi connectivity index (χ0) is 36.0. The van der Waals surface area contributed by atoms with Crippen LogP contribution in [0.4, 0.5) is 0 Å². The molecular weight excluding hydrogens is 609 g/mol. The molecule has 0 spiro atoms. The molecule has 0 saturated heterocycles. The summed E-state index contributed by atoms with van der Waals surface area (Å²) in [6.45, 7) is 22.5. The minimum atomic E-state index is -0.0184. The molecule has 2 heterocycles. The third kappa shape index (κ3) is 7.43. The van der Waals surface area contributed by atoms with Crippen molar-refractivity contribution in [2.45, 2.75) is 85.5 Å². The van der Waals surface area contributed by atoms with Gasteiger partial charge in [0.25, 0.3) is 0 Å². The van der Waals surface area contributed by atoms with E-state index in [2.05, 4.69) is 154 Å². The molecule has 0 saturated carbocycles. The van der Waals surface area contributed by atoms with E-state index in [4.69, 9.17) is 9.97 Å². The van der Waals surface area contributed by atoms with Crippen molar-refractivity contribution in [2.75, 3.05) is 0 Å². The molecule has 0 aliphatic rings. The van der Waals surface area contributed by atoms with Crippen molar-refractivity contribution < 1.29 is 5.11 Å². The standard InChI is InChI=1S/C47H50N2O/c1-30-22-36(45(2,3)4)18-19-39(30)31-20-21-48-41(26-31)32-14-13-15-33(23-32)42-27-35(28-43(49-42)40-16-11-12-17-44(40)50)34-24-37(46(5,6)7)29-38(25-34)47(8,9)10/h11-29,50H,1-10H3. The van der Waals surface area contributed by atoms with E-state index in [0.717, 1.165) is 44.9 Å². The highest BCUT2D eigenvalue weighted by molar-refractivity contribution is 5.81. The van der Waals surface area contributed by atoms with Gasteiger partial charge < -0.3 is 5.11 Å². The predicted molar refractivity (Wildman–Crippen MR) is 212 cm³/mol. The number of phenols is 1. The quantitative estimate of drug-likeness (QED) is 0.200. The highest BCUT2D eigenvalue weighted by Crippen LogP contribution is 2.39. The van der Waals surface area contributed by atoms with Crippen LogP contribution in [0.3, 0.4) is 0 Å². The van der Waals surface area contributed by atoms with Gasteiger partial charge in [0.2, 0.25) is 0 Å². The Morgan fingerprint density at radius 3 is 1.64 bits per heavy atom. The summed E-state index contributed by atoms with van der Waals surface area (Å²) in [6, 6.07) is 38.2. The number of aromatic nitrogens is 2. The van der Waals surface area contributed by atoms with Crippen LogP contribution in [0.1, 0.15) is 84.6 Å². The van der Waals surface area contributed by atoms with Crippen LogP contribution in [0, 0.1) is 6.92 Å². The largest absolute Gasteiger partial charge is 0.507 e. The molecule has 3 nitrogen and oxygen atoms in total. The molecule has 0 bridgehead atoms. The fraction of sp³-hybridized carbons (Fsp3) is 0.277. The molecule has 2 aromatic heterocycles. The topological polar surface area (TPSA) is 46.0 Å². The first-order valence-electron chi connectivity index (χ1n) is 17.6. The van der Waals surface area contributed by atoms with Crippen molar-refractivity contribution in [2.24, 2.45) is 0 Å². The predicted octanol–water partition coefficient (Wildman–Crippen LogP) is 12.7. The average molecular weight is 659 g/mol. The second-order valence-corrected chi connectivity index (χ2v) is 16.7. The van der Waals surface area contributed by atoms with E-state index in [9.17, 15) is 5.11 Å². The van der Waals surface area contributed by atoms with E-state index >= 15 is 0 Å². The van der Waals surface area contributed by atoms with Crippen molar-refractivity contribution in [3.63, 3.8) is 0 Å². The lowest BCUT2D eigenvalue weighted by Gasteiger charge is -2.26. The maximum absolute atomic E-state index is 10.9. The molecule has 0 atom stereocenters. The summed E-state index contributed by atoms with van der Waals surface area (Å²) in [6.07, 6.45) is 1.90. The number of benzene rings is 4. The molecule has 1 N–H and O–H groups in total. The number of nitrogens with zero attached hydrogens (tertiary/aromatic N) is 2. The van der Waals surface area contributed by atoms with E-state index in [1.54, 1.807) is 6.07 Å². The molecule has 0 aliphatic carbocycles. The van der Waals surface area contributed by atoms with Crippen molar-refractivity contribution in [1.29, 1.82) is 0 Å². The van der Waals surface area contributed by atoms with E-state index in [-0.39, 0.29) is 22.0 Å². The SMILES string of the molecule is Cc1cc(C(C)(C)C)ccc1-c1ccnc(-c2cccc(-c3cc(-c4cc(C(C)(C)C)cc(C(C)(C)C)c4)cc(-c4ccccc4O)n3)c2)c1. The Kier molecular flexibility index (Phi) is 9.07. The van der Waals surface area contributed by atoms with E-state index in [1.165, 1.54) is 27.8 Å². The van der Waals surface area contributed by atoms with Crippen LogP contribution in [0.5, 0.6) is 5.75 Å². The second-order valence-electron chi connectivity index (χ2n) is 16.7. The molecule has 3 heteroatoms. The van der Waals surface area contributed by atoms with Crippen molar-refractivity contribution in [3.05, 3.63) is 138 Å². The van der Waals surface area contributed by atoms with Crippen LogP contribution >= 0.6 is 0 Å². The van der Waals surface area contributed by atoms with E-state index in [1.807, 2.05) is 24.4 Å². The summed E-state index contributed by atoms with van der Waals surface area (Å²) in [5.41, 5.74) is 15.0. The van der Waals surface area contributed by atoms with Crippen LogP contribution in [0.25, 0.3) is 56.0 Å². The summed E-state index contributed by atoms with van der Waals surface area (Å²) in [4.78, 5) is 9.97. The van der Waals surface area contributed by atoms with Crippen LogP contribution in [-0.2, 0) is 16.2 Å². The Morgan fingerprint density at radius 1 is 0.440 bits per heavy atom. The van der Waals surface area contributed by atoms with Gasteiger partial charge in [0, 0.05) is 22.9 Å². The van der Waals surface area contributed by atoms with Crippen LogP contribution < -0.4 is 0 Å². The number of phenolic OH excluding ortho intramolecular Hbond substituents is 1.